The summed E-state index contributed by atoms with van der Waals surface area (Å²) in [5.41, 5.74) is 0.304. The Morgan fingerprint density at radius 3 is 2.32 bits per heavy atom. The molecule has 1 amide bonds. The van der Waals surface area contributed by atoms with Crippen LogP contribution < -0.4 is 5.32 Å². The van der Waals surface area contributed by atoms with Gasteiger partial charge in [-0.15, -0.1) is 0 Å². The molecule has 0 unspecified atom stereocenters. The first kappa shape index (κ1) is 21.7. The van der Waals surface area contributed by atoms with Crippen LogP contribution in [0.15, 0.2) is 28.3 Å². The lowest BCUT2D eigenvalue weighted by atomic mass is 9.48. The third-order valence-electron chi connectivity index (χ3n) is 8.14. The fourth-order valence-electron chi connectivity index (χ4n) is 6.97. The van der Waals surface area contributed by atoms with Crippen molar-refractivity contribution >= 4 is 27.7 Å². The number of nitrogens with zero attached hydrogens (tertiary/aromatic N) is 2. The third kappa shape index (κ3) is 4.27. The maximum absolute atomic E-state index is 12.7. The van der Waals surface area contributed by atoms with Crippen molar-refractivity contribution in [3.05, 3.63) is 18.3 Å². The second kappa shape index (κ2) is 8.34. The number of carbonyl (C=O) groups excluding carboxylic acids is 1. The molecule has 2 heterocycles. The summed E-state index contributed by atoms with van der Waals surface area (Å²) in [7, 11) is -3.44. The van der Waals surface area contributed by atoms with Gasteiger partial charge in [0.15, 0.2) is 0 Å². The molecular weight excluding hydrogens is 430 g/mol. The van der Waals surface area contributed by atoms with E-state index in [1.54, 1.807) is 12.1 Å². The van der Waals surface area contributed by atoms with Crippen molar-refractivity contribution in [1.29, 1.82) is 0 Å². The molecule has 170 valence electrons. The van der Waals surface area contributed by atoms with Gasteiger partial charge in [0.05, 0.1) is 10.8 Å². The Labute approximate surface area is 190 Å². The predicted molar refractivity (Wildman–Crippen MR) is 121 cm³/mol. The zero-order chi connectivity index (χ0) is 21.6. The van der Waals surface area contributed by atoms with Gasteiger partial charge in [0, 0.05) is 25.3 Å². The number of pyridine rings is 1. The molecule has 5 aliphatic rings. The fraction of sp³-hybridized carbons (Fsp3) is 0.739. The molecule has 1 atom stereocenters. The summed E-state index contributed by atoms with van der Waals surface area (Å²) < 4.78 is 26.7. The highest BCUT2D eigenvalue weighted by Crippen LogP contribution is 2.61. The zero-order valence-corrected chi connectivity index (χ0v) is 19.9. The summed E-state index contributed by atoms with van der Waals surface area (Å²) in [5, 5.41) is 3.97. The van der Waals surface area contributed by atoms with Crippen LogP contribution in [-0.2, 0) is 14.8 Å². The summed E-state index contributed by atoms with van der Waals surface area (Å²) in [6.45, 7) is 3.37. The van der Waals surface area contributed by atoms with E-state index in [0.29, 0.717) is 29.3 Å². The maximum atomic E-state index is 12.7. The lowest BCUT2D eigenvalue weighted by Gasteiger charge is -2.59. The third-order valence-corrected chi connectivity index (χ3v) is 11.0. The highest BCUT2D eigenvalue weighted by Gasteiger charge is 2.53. The van der Waals surface area contributed by atoms with Gasteiger partial charge in [0.1, 0.15) is 4.90 Å². The topological polar surface area (TPSA) is 79.4 Å². The van der Waals surface area contributed by atoms with Crippen molar-refractivity contribution in [2.75, 3.05) is 18.8 Å². The summed E-state index contributed by atoms with van der Waals surface area (Å²) in [4.78, 5) is 17.2. The molecule has 0 aromatic carbocycles. The molecule has 1 N–H and O–H groups in total. The second-order valence-corrected chi connectivity index (χ2v) is 13.2. The number of rotatable bonds is 7. The Bertz CT molecular complexity index is 891. The predicted octanol–water partition coefficient (Wildman–Crippen LogP) is 3.68. The molecule has 4 aliphatic carbocycles. The van der Waals surface area contributed by atoms with Gasteiger partial charge in [0.2, 0.25) is 15.9 Å². The number of nitrogens with one attached hydrogen (secondary N) is 1. The highest BCUT2D eigenvalue weighted by atomic mass is 32.2. The fourth-order valence-corrected chi connectivity index (χ4v) is 9.08. The van der Waals surface area contributed by atoms with Crippen LogP contribution in [0.2, 0.25) is 0 Å². The molecular formula is C23H33N3O3S2. The van der Waals surface area contributed by atoms with Crippen LogP contribution in [0.1, 0.15) is 58.3 Å². The molecule has 0 spiro atoms. The van der Waals surface area contributed by atoms with Gasteiger partial charge in [0.25, 0.3) is 0 Å². The van der Waals surface area contributed by atoms with E-state index >= 15 is 0 Å². The van der Waals surface area contributed by atoms with E-state index in [-0.39, 0.29) is 16.8 Å². The van der Waals surface area contributed by atoms with Gasteiger partial charge >= 0.3 is 0 Å². The summed E-state index contributed by atoms with van der Waals surface area (Å²) >= 11 is 1.37. The minimum atomic E-state index is -3.44. The number of hydrogen-bond acceptors (Lipinski definition) is 5. The van der Waals surface area contributed by atoms with E-state index in [1.165, 1.54) is 60.8 Å². The van der Waals surface area contributed by atoms with E-state index < -0.39 is 10.0 Å². The molecule has 1 aromatic heterocycles. The number of hydrogen-bond donors (Lipinski definition) is 1. The molecule has 4 saturated carbocycles. The second-order valence-electron chi connectivity index (χ2n) is 10.3. The lowest BCUT2D eigenvalue weighted by Crippen LogP contribution is -2.56. The van der Waals surface area contributed by atoms with E-state index in [0.717, 1.165) is 30.6 Å². The molecule has 6 nitrogen and oxygen atoms in total. The van der Waals surface area contributed by atoms with Gasteiger partial charge < -0.3 is 5.32 Å². The normalized spacial score (nSPS) is 33.5. The molecule has 4 bridgehead atoms. The van der Waals surface area contributed by atoms with Crippen molar-refractivity contribution < 1.29 is 13.2 Å². The number of sulfonamides is 1. The Morgan fingerprint density at radius 1 is 1.16 bits per heavy atom. The highest BCUT2D eigenvalue weighted by molar-refractivity contribution is 7.99. The van der Waals surface area contributed by atoms with Gasteiger partial charge in [-0.3, -0.25) is 4.79 Å². The smallest absolute Gasteiger partial charge is 0.244 e. The standard InChI is InChI=1S/C23H33N3O3S2/c1-16(23-11-17-8-18(12-23)10-19(9-17)13-23)25-21(27)15-30-22-5-4-20(14-24-22)31(28,29)26-6-2-3-7-26/h4-5,14,16-19H,2-3,6-13,15H2,1H3,(H,25,27)/t16-,17?,18?,19?,23?/m1/s1. The molecule has 5 fully saturated rings. The zero-order valence-electron chi connectivity index (χ0n) is 18.3. The van der Waals surface area contributed by atoms with Crippen LogP contribution in [0.25, 0.3) is 0 Å². The first-order chi connectivity index (χ1) is 14.8. The molecule has 6 rings (SSSR count). The molecule has 1 aliphatic heterocycles. The van der Waals surface area contributed by atoms with Crippen LogP contribution in [0.5, 0.6) is 0 Å². The van der Waals surface area contributed by atoms with Crippen LogP contribution in [0.4, 0.5) is 0 Å². The van der Waals surface area contributed by atoms with Crippen LogP contribution in [0, 0.1) is 23.2 Å². The lowest BCUT2D eigenvalue weighted by molar-refractivity contribution is -0.123. The monoisotopic (exact) mass is 463 g/mol. The van der Waals surface area contributed by atoms with Crippen molar-refractivity contribution in [2.24, 2.45) is 23.2 Å². The van der Waals surface area contributed by atoms with E-state index in [1.807, 2.05) is 0 Å². The summed E-state index contributed by atoms with van der Waals surface area (Å²) in [6, 6.07) is 3.54. The van der Waals surface area contributed by atoms with Crippen molar-refractivity contribution in [1.82, 2.24) is 14.6 Å². The quantitative estimate of drug-likeness (QED) is 0.624. The number of thioether (sulfide) groups is 1. The van der Waals surface area contributed by atoms with Crippen molar-refractivity contribution in [2.45, 2.75) is 74.3 Å². The van der Waals surface area contributed by atoms with E-state index in [9.17, 15) is 13.2 Å². The Balaban J connectivity index is 1.15. The average molecular weight is 464 g/mol. The first-order valence-corrected chi connectivity index (χ1v) is 14.1. The summed E-state index contributed by atoms with van der Waals surface area (Å²) in [6.07, 6.45) is 11.3. The Kier molecular flexibility index (Phi) is 5.84. The summed E-state index contributed by atoms with van der Waals surface area (Å²) in [5.74, 6) is 2.98. The number of carbonyl (C=O) groups is 1. The van der Waals surface area contributed by atoms with E-state index in [4.69, 9.17) is 0 Å². The van der Waals surface area contributed by atoms with Crippen LogP contribution >= 0.6 is 11.8 Å². The largest absolute Gasteiger partial charge is 0.352 e. The number of aromatic nitrogens is 1. The van der Waals surface area contributed by atoms with Gasteiger partial charge in [-0.1, -0.05) is 11.8 Å². The SMILES string of the molecule is C[C@@H](NC(=O)CSc1ccc(S(=O)(=O)N2CCCC2)cn1)C12CC3CC(CC(C3)C1)C2. The minimum absolute atomic E-state index is 0.0452. The van der Waals surface area contributed by atoms with Gasteiger partial charge in [-0.2, -0.15) is 4.31 Å². The minimum Gasteiger partial charge on any atom is -0.352 e. The van der Waals surface area contributed by atoms with Gasteiger partial charge in [-0.25, -0.2) is 13.4 Å². The van der Waals surface area contributed by atoms with Gasteiger partial charge in [-0.05, 0) is 93.6 Å². The molecule has 1 aromatic rings. The van der Waals surface area contributed by atoms with Crippen molar-refractivity contribution in [3.8, 4) is 0 Å². The molecule has 8 heteroatoms. The maximum Gasteiger partial charge on any atom is 0.244 e. The molecule has 31 heavy (non-hydrogen) atoms. The molecule has 0 radical (unpaired) electrons. The van der Waals surface area contributed by atoms with E-state index in [2.05, 4.69) is 17.2 Å². The first-order valence-electron chi connectivity index (χ1n) is 11.7. The van der Waals surface area contributed by atoms with Crippen molar-refractivity contribution in [3.63, 3.8) is 0 Å². The Morgan fingerprint density at radius 2 is 1.77 bits per heavy atom. The van der Waals surface area contributed by atoms with Crippen LogP contribution in [-0.4, -0.2) is 48.5 Å². The number of amides is 1. The van der Waals surface area contributed by atoms with Crippen LogP contribution in [0.3, 0.4) is 0 Å². The molecule has 1 saturated heterocycles. The Hall–Kier alpha value is -1.12. The average Bonchev–Trinajstić information content (AvgIpc) is 3.27.